The van der Waals surface area contributed by atoms with Crippen LogP contribution in [0.5, 0.6) is 0 Å². The summed E-state index contributed by atoms with van der Waals surface area (Å²) in [6.45, 7) is -1.73. The molecule has 0 fully saturated rings. The third-order valence-corrected chi connectivity index (χ3v) is 2.99. The molecule has 0 saturated carbocycles. The third kappa shape index (κ3) is 11.8. The van der Waals surface area contributed by atoms with E-state index in [-0.39, 0.29) is 22.3 Å². The summed E-state index contributed by atoms with van der Waals surface area (Å²) >= 11 is 0. The molecule has 0 saturated heterocycles. The Morgan fingerprint density at radius 1 is 0.607 bits per heavy atom. The van der Waals surface area contributed by atoms with Crippen molar-refractivity contribution in [3.05, 3.63) is 0 Å². The minimum absolute atomic E-state index is 0. The van der Waals surface area contributed by atoms with E-state index < -0.39 is 74.0 Å². The molecule has 1 radical (unpaired) electrons. The van der Waals surface area contributed by atoms with E-state index in [9.17, 15) is 19.8 Å². The van der Waals surface area contributed by atoms with Gasteiger partial charge in [-0.15, -0.1) is 0 Å². The molecule has 0 amide bonds. The molecule has 0 aromatic carbocycles. The number of carbonyl (C=O) groups is 2. The zero-order chi connectivity index (χ0) is 21.2. The van der Waals surface area contributed by atoms with E-state index in [4.69, 9.17) is 51.1 Å². The Kier molecular flexibility index (Phi) is 20.8. The van der Waals surface area contributed by atoms with Crippen molar-refractivity contribution in [1.82, 2.24) is 0 Å². The van der Waals surface area contributed by atoms with Crippen molar-refractivity contribution in [2.24, 2.45) is 0 Å². The first-order chi connectivity index (χ1) is 11.8. The monoisotopic (exact) mass is 467 g/mol. The maximum Gasteiger partial charge on any atom is 0.122 e. The number of carbonyl (C=O) groups excluding carboxylic acids is 2. The molecule has 0 rings (SSSR count). The van der Waals surface area contributed by atoms with E-state index >= 15 is 0 Å². The standard InChI is InChI=1S/2C6H12O7.Co.H2O/c2*7-1-2(8)3(9)4(10)5(11)6(12)13;;/h2*2-5,7-11H,1H2,(H,12,13);;1H2/p-2/t2*2-,3-,4+,5-;;/m11../s1. The van der Waals surface area contributed by atoms with Gasteiger partial charge in [-0.2, -0.15) is 0 Å². The zero-order valence-corrected chi connectivity index (χ0v) is 15.0. The molecule has 0 aromatic rings. The van der Waals surface area contributed by atoms with Crippen LogP contribution < -0.4 is 10.2 Å². The minimum atomic E-state index is -2.31. The largest absolute Gasteiger partial charge is 0.547 e. The molecule has 0 bridgehead atoms. The Morgan fingerprint density at radius 3 is 0.964 bits per heavy atom. The van der Waals surface area contributed by atoms with Gasteiger partial charge >= 0.3 is 0 Å². The number of rotatable bonds is 10. The number of carboxylic acids is 2. The Morgan fingerprint density at radius 2 is 0.821 bits per heavy atom. The summed E-state index contributed by atoms with van der Waals surface area (Å²) in [5.41, 5.74) is 0. The molecule has 173 valence electrons. The van der Waals surface area contributed by atoms with E-state index in [0.717, 1.165) is 0 Å². The number of carboxylic acid groups (broad SMARTS) is 2. The molecular weight excluding hydrogens is 443 g/mol. The molecule has 12 N–H and O–H groups in total. The summed E-state index contributed by atoms with van der Waals surface area (Å²) in [5.74, 6) is -3.95. The van der Waals surface area contributed by atoms with Gasteiger partial charge in [-0.1, -0.05) is 0 Å². The number of aliphatic hydroxyl groups excluding tert-OH is 10. The van der Waals surface area contributed by atoms with Gasteiger partial charge in [-0.25, -0.2) is 0 Å². The molecule has 0 aliphatic carbocycles. The number of aliphatic carboxylic acids is 2. The zero-order valence-electron chi connectivity index (χ0n) is 14.0. The Bertz CT molecular complexity index is 386. The predicted molar refractivity (Wildman–Crippen MR) is 75.9 cm³/mol. The average molecular weight is 467 g/mol. The van der Waals surface area contributed by atoms with Crippen LogP contribution in [0.3, 0.4) is 0 Å². The second-order valence-electron chi connectivity index (χ2n) is 4.99. The van der Waals surface area contributed by atoms with Crippen LogP contribution in [-0.2, 0) is 26.4 Å². The van der Waals surface area contributed by atoms with Crippen LogP contribution in [0.1, 0.15) is 0 Å². The summed E-state index contributed by atoms with van der Waals surface area (Å²) in [4.78, 5) is 20.0. The minimum Gasteiger partial charge on any atom is -0.547 e. The molecule has 15 nitrogen and oxygen atoms in total. The molecule has 0 heterocycles. The summed E-state index contributed by atoms with van der Waals surface area (Å²) < 4.78 is 0. The fraction of sp³-hybridized carbons (Fsp3) is 0.833. The summed E-state index contributed by atoms with van der Waals surface area (Å²) in [6.07, 6.45) is -16.2. The molecule has 0 aliphatic heterocycles. The van der Waals surface area contributed by atoms with Gasteiger partial charge in [-0.3, -0.25) is 0 Å². The van der Waals surface area contributed by atoms with Gasteiger partial charge in [0.05, 0.1) is 25.2 Å². The van der Waals surface area contributed by atoms with E-state index in [1.807, 2.05) is 0 Å². The van der Waals surface area contributed by atoms with Crippen molar-refractivity contribution >= 4 is 11.9 Å². The smallest absolute Gasteiger partial charge is 0.122 e. The second-order valence-corrected chi connectivity index (χ2v) is 4.99. The van der Waals surface area contributed by atoms with E-state index in [1.165, 1.54) is 0 Å². The van der Waals surface area contributed by atoms with Crippen molar-refractivity contribution in [3.8, 4) is 0 Å². The van der Waals surface area contributed by atoms with Crippen LogP contribution in [-0.4, -0.2) is 131 Å². The van der Waals surface area contributed by atoms with Crippen LogP contribution >= 0.6 is 0 Å². The third-order valence-electron chi connectivity index (χ3n) is 2.99. The Hall–Kier alpha value is -0.994. The first-order valence-electron chi connectivity index (χ1n) is 6.91. The normalized spacial score (nSPS) is 18.9. The van der Waals surface area contributed by atoms with Crippen LogP contribution in [0.15, 0.2) is 0 Å². The van der Waals surface area contributed by atoms with Crippen molar-refractivity contribution in [1.29, 1.82) is 0 Å². The molecule has 0 aromatic heterocycles. The molecule has 0 unspecified atom stereocenters. The number of hydrogen-bond acceptors (Lipinski definition) is 14. The molecule has 0 spiro atoms. The van der Waals surface area contributed by atoms with Gasteiger partial charge < -0.3 is 76.3 Å². The fourth-order valence-corrected chi connectivity index (χ4v) is 1.32. The summed E-state index contributed by atoms with van der Waals surface area (Å²) in [7, 11) is 0. The molecule has 16 heteroatoms. The van der Waals surface area contributed by atoms with E-state index in [2.05, 4.69) is 0 Å². The molecule has 8 atom stereocenters. The first kappa shape index (κ1) is 34.5. The Labute approximate surface area is 167 Å². The van der Waals surface area contributed by atoms with Crippen LogP contribution in [0.25, 0.3) is 0 Å². The number of aliphatic hydroxyl groups is 10. The van der Waals surface area contributed by atoms with Gasteiger partial charge in [0.15, 0.2) is 0 Å². The SMILES string of the molecule is O.O=C([O-])[C@H](O)[C@@H](O)[C@H](O)[C@H](O)CO.O=C([O-])[C@H](O)[C@@H](O)[C@H](O)[C@H](O)CO.[Co]. The maximum absolute atomic E-state index is 9.98. The van der Waals surface area contributed by atoms with Gasteiger partial charge in [0, 0.05) is 16.8 Å². The number of hydrogen-bond donors (Lipinski definition) is 10. The predicted octanol–water partition coefficient (Wildman–Crippen LogP) is -10.5. The fourth-order valence-electron chi connectivity index (χ4n) is 1.32. The van der Waals surface area contributed by atoms with Crippen molar-refractivity contribution in [3.63, 3.8) is 0 Å². The van der Waals surface area contributed by atoms with Crippen LogP contribution in [0.4, 0.5) is 0 Å². The van der Waals surface area contributed by atoms with Crippen molar-refractivity contribution in [2.45, 2.75) is 48.8 Å². The molecule has 28 heavy (non-hydrogen) atoms. The Balaban J connectivity index is -0.000000192. The summed E-state index contributed by atoms with van der Waals surface area (Å²) in [5, 5.41) is 107. The quantitative estimate of drug-likeness (QED) is 0.143. The van der Waals surface area contributed by atoms with Gasteiger partial charge in [0.1, 0.15) is 48.8 Å². The molecular formula is C12H24CoO15-2. The summed E-state index contributed by atoms with van der Waals surface area (Å²) in [6, 6.07) is 0. The van der Waals surface area contributed by atoms with Gasteiger partial charge in [0.25, 0.3) is 0 Å². The van der Waals surface area contributed by atoms with E-state index in [1.54, 1.807) is 0 Å². The van der Waals surface area contributed by atoms with E-state index in [0.29, 0.717) is 0 Å². The van der Waals surface area contributed by atoms with Crippen LogP contribution in [0.2, 0.25) is 0 Å². The van der Waals surface area contributed by atoms with Crippen LogP contribution in [0, 0.1) is 0 Å². The van der Waals surface area contributed by atoms with Crippen molar-refractivity contribution in [2.75, 3.05) is 13.2 Å². The second kappa shape index (κ2) is 16.9. The first-order valence-corrected chi connectivity index (χ1v) is 6.91. The van der Waals surface area contributed by atoms with Crippen molar-refractivity contribution < 1.29 is 93.1 Å². The van der Waals surface area contributed by atoms with Gasteiger partial charge in [-0.05, 0) is 0 Å². The molecule has 0 aliphatic rings. The maximum atomic E-state index is 9.98. The average Bonchev–Trinajstić information content (AvgIpc) is 2.62. The van der Waals surface area contributed by atoms with Gasteiger partial charge in [0.2, 0.25) is 0 Å². The topological polar surface area (TPSA) is 314 Å².